The second-order valence-corrected chi connectivity index (χ2v) is 11.4. The molecule has 1 unspecified atom stereocenters. The van der Waals surface area contributed by atoms with E-state index in [1.165, 1.54) is 18.9 Å². The molecule has 0 aliphatic heterocycles. The maximum absolute atomic E-state index is 13.3. The minimum absolute atomic E-state index is 0.0433. The molecule has 1 rings (SSSR count). The number of carbonyl (C=O) groups is 5. The molecule has 0 aliphatic carbocycles. The maximum Gasteiger partial charge on any atom is 0.337 e. The van der Waals surface area contributed by atoms with Crippen LogP contribution in [-0.4, -0.2) is 63.1 Å². The number of aliphatic carboxylic acids is 2. The molecule has 0 heterocycles. The number of rotatable bonds is 25. The summed E-state index contributed by atoms with van der Waals surface area (Å²) in [5.41, 5.74) is 3.16. The molecule has 0 saturated heterocycles. The Morgan fingerprint density at radius 1 is 0.957 bits per heavy atom. The topological polar surface area (TPSA) is 193 Å². The number of hydrogen-bond donors (Lipinski definition) is 5. The molecule has 11 nitrogen and oxygen atoms in total. The van der Waals surface area contributed by atoms with Gasteiger partial charge < -0.3 is 31.1 Å². The zero-order valence-corrected chi connectivity index (χ0v) is 27.1. The van der Waals surface area contributed by atoms with E-state index in [0.29, 0.717) is 37.0 Å². The van der Waals surface area contributed by atoms with Gasteiger partial charge in [-0.2, -0.15) is 0 Å². The number of nitrogens with two attached hydrogens (primary N) is 1. The molecule has 0 bridgehead atoms. The summed E-state index contributed by atoms with van der Waals surface area (Å²) in [5.74, 6) is -1.01. The lowest BCUT2D eigenvalue weighted by Gasteiger charge is -2.29. The van der Waals surface area contributed by atoms with Crippen LogP contribution in [0.5, 0.6) is 5.75 Å². The third kappa shape index (κ3) is 15.7. The molecule has 0 aliphatic rings. The highest BCUT2D eigenvalue weighted by atomic mass is 16.5. The van der Waals surface area contributed by atoms with E-state index in [-0.39, 0.29) is 18.8 Å². The summed E-state index contributed by atoms with van der Waals surface area (Å²) in [5, 5.41) is 32.4. The van der Waals surface area contributed by atoms with Crippen molar-refractivity contribution in [3.05, 3.63) is 42.0 Å². The van der Waals surface area contributed by atoms with Gasteiger partial charge in [0.2, 0.25) is 11.8 Å². The fourth-order valence-electron chi connectivity index (χ4n) is 4.87. The Labute approximate surface area is 272 Å². The van der Waals surface area contributed by atoms with E-state index in [2.05, 4.69) is 24.1 Å². The number of carbonyl (C=O) groups excluding carboxylic acids is 3. The van der Waals surface area contributed by atoms with Crippen LogP contribution < -0.4 is 15.8 Å². The summed E-state index contributed by atoms with van der Waals surface area (Å²) < 4.78 is 5.46. The first-order valence-electron chi connectivity index (χ1n) is 16.0. The van der Waals surface area contributed by atoms with Gasteiger partial charge in [0.25, 0.3) is 0 Å². The zero-order chi connectivity index (χ0) is 34.4. The summed E-state index contributed by atoms with van der Waals surface area (Å²) in [4.78, 5) is 61.1. The number of allylic oxidation sites excluding steroid dienone is 1. The predicted molar refractivity (Wildman–Crippen MR) is 174 cm³/mol. The first kappa shape index (κ1) is 39.9. The molecule has 1 aromatic rings. The molecule has 0 spiro atoms. The van der Waals surface area contributed by atoms with Gasteiger partial charge in [-0.1, -0.05) is 75.7 Å². The number of ether oxygens (including phenoxy) is 1. The molecule has 46 heavy (non-hydrogen) atoms. The molecule has 1 aromatic carbocycles. The summed E-state index contributed by atoms with van der Waals surface area (Å²) in [6, 6.07) is 5.36. The number of primary amides is 1. The van der Waals surface area contributed by atoms with Crippen LogP contribution in [0.25, 0.3) is 0 Å². The second-order valence-electron chi connectivity index (χ2n) is 11.4. The quantitative estimate of drug-likeness (QED) is 0.0586. The summed E-state index contributed by atoms with van der Waals surface area (Å²) >= 11 is 0. The Morgan fingerprint density at radius 3 is 2.11 bits per heavy atom. The van der Waals surface area contributed by atoms with E-state index in [1.807, 2.05) is 0 Å². The van der Waals surface area contributed by atoms with Gasteiger partial charge in [-0.3, -0.25) is 19.2 Å². The summed E-state index contributed by atoms with van der Waals surface area (Å²) in [7, 11) is 0. The number of carboxylic acids is 2. The Balaban J connectivity index is 2.83. The van der Waals surface area contributed by atoms with E-state index < -0.39 is 47.7 Å². The monoisotopic (exact) mass is 642 g/mol. The van der Waals surface area contributed by atoms with Crippen LogP contribution in [-0.2, 0) is 30.4 Å². The van der Waals surface area contributed by atoms with E-state index in [0.717, 1.165) is 44.6 Å². The van der Waals surface area contributed by atoms with Crippen LogP contribution in [0.2, 0.25) is 0 Å². The molecular formula is C35H50N2O9. The number of nitrogens with one attached hydrogen (secondary N) is 1. The highest BCUT2D eigenvalue weighted by Gasteiger charge is 2.49. The van der Waals surface area contributed by atoms with Crippen molar-refractivity contribution in [1.82, 2.24) is 5.32 Å². The third-order valence-corrected chi connectivity index (χ3v) is 7.56. The minimum atomic E-state index is -2.98. The average molecular weight is 643 g/mol. The van der Waals surface area contributed by atoms with E-state index in [9.17, 15) is 39.3 Å². The van der Waals surface area contributed by atoms with Crippen molar-refractivity contribution in [2.24, 2.45) is 11.7 Å². The Hall–Kier alpha value is -4.17. The highest BCUT2D eigenvalue weighted by Crippen LogP contribution is 2.26. The number of hydrogen-bond acceptors (Lipinski definition) is 7. The largest absolute Gasteiger partial charge is 0.481 e. The lowest BCUT2D eigenvalue weighted by atomic mass is 9.82. The molecular weight excluding hydrogens is 592 g/mol. The summed E-state index contributed by atoms with van der Waals surface area (Å²) in [6.07, 6.45) is 11.6. The second kappa shape index (κ2) is 22.4. The van der Waals surface area contributed by atoms with Crippen molar-refractivity contribution < 1.29 is 44.0 Å². The van der Waals surface area contributed by atoms with Crippen molar-refractivity contribution in [1.29, 1.82) is 0 Å². The smallest absolute Gasteiger partial charge is 0.337 e. The van der Waals surface area contributed by atoms with Crippen molar-refractivity contribution >= 4 is 29.5 Å². The minimum Gasteiger partial charge on any atom is -0.481 e. The normalized spacial score (nSPS) is 13.5. The average Bonchev–Trinajstić information content (AvgIpc) is 3.00. The van der Waals surface area contributed by atoms with E-state index >= 15 is 0 Å². The molecule has 2 amide bonds. The lowest BCUT2D eigenvalue weighted by molar-refractivity contribution is -0.172. The van der Waals surface area contributed by atoms with Crippen molar-refractivity contribution in [2.75, 3.05) is 6.61 Å². The van der Waals surface area contributed by atoms with Gasteiger partial charge in [-0.15, -0.1) is 5.92 Å². The molecule has 6 N–H and O–H groups in total. The van der Waals surface area contributed by atoms with Gasteiger partial charge in [0.1, 0.15) is 24.2 Å². The highest BCUT2D eigenvalue weighted by molar-refractivity contribution is 5.95. The maximum atomic E-state index is 13.3. The molecule has 3 atom stereocenters. The fraction of sp³-hybridized carbons (Fsp3) is 0.571. The van der Waals surface area contributed by atoms with Crippen molar-refractivity contribution in [3.8, 4) is 17.6 Å². The van der Waals surface area contributed by atoms with Gasteiger partial charge in [-0.25, -0.2) is 4.79 Å². The van der Waals surface area contributed by atoms with Crippen LogP contribution in [0.3, 0.4) is 0 Å². The number of benzene rings is 1. The lowest BCUT2D eigenvalue weighted by Crippen LogP contribution is -2.56. The number of amides is 2. The third-order valence-electron chi connectivity index (χ3n) is 7.56. The Kier molecular flexibility index (Phi) is 19.4. The number of ketones is 1. The Bertz CT molecular complexity index is 1220. The van der Waals surface area contributed by atoms with Crippen LogP contribution in [0.1, 0.15) is 103 Å². The summed E-state index contributed by atoms with van der Waals surface area (Å²) in [6.45, 7) is 4.04. The predicted octanol–water partition coefficient (Wildman–Crippen LogP) is 4.33. The first-order valence-corrected chi connectivity index (χ1v) is 16.0. The molecule has 0 radical (unpaired) electrons. The molecule has 0 aromatic heterocycles. The Morgan fingerprint density at radius 2 is 1.57 bits per heavy atom. The van der Waals surface area contributed by atoms with E-state index in [4.69, 9.17) is 10.5 Å². The molecule has 0 fully saturated rings. The van der Waals surface area contributed by atoms with Crippen LogP contribution in [0.4, 0.5) is 0 Å². The van der Waals surface area contributed by atoms with Crippen molar-refractivity contribution in [3.63, 3.8) is 0 Å². The van der Waals surface area contributed by atoms with Crippen LogP contribution in [0, 0.1) is 17.8 Å². The zero-order valence-electron chi connectivity index (χ0n) is 27.1. The van der Waals surface area contributed by atoms with Gasteiger partial charge in [0.15, 0.2) is 5.60 Å². The molecule has 11 heteroatoms. The standard InChI is InChI=1S/C35H50N2O9/c1-3-5-7-10-13-16-27(38)17-14-11-8-9-12-15-18-29(35(45,34(43)44)25-31(39)40)33(42)37-30(32(36)41)24-26-19-21-28(22-20-26)46-23-6-4-2/h15,18-22,29-30,45H,3,5,7-14,16-17,23-25H2,1-2H3,(H2,36,41)(H,37,42)(H,39,40)(H,43,44)/b18-15+/t29?,30-,35-/m0/s1. The van der Waals surface area contributed by atoms with Gasteiger partial charge in [-0.05, 0) is 50.3 Å². The van der Waals surface area contributed by atoms with Gasteiger partial charge >= 0.3 is 11.9 Å². The van der Waals surface area contributed by atoms with E-state index in [1.54, 1.807) is 31.2 Å². The molecule has 0 saturated carbocycles. The van der Waals surface area contributed by atoms with Crippen LogP contribution in [0.15, 0.2) is 36.4 Å². The number of carboxylic acid groups (broad SMARTS) is 2. The fourth-order valence-corrected chi connectivity index (χ4v) is 4.87. The van der Waals surface area contributed by atoms with Crippen LogP contribution >= 0.6 is 0 Å². The molecule has 254 valence electrons. The van der Waals surface area contributed by atoms with Crippen molar-refractivity contribution in [2.45, 2.75) is 115 Å². The number of Topliss-reactive ketones (excluding diaryl/α,β-unsaturated/α-hetero) is 1. The SMILES string of the molecule is CC#CCOc1ccc(C[C@H](NC(=O)C(/C=C/CCCCCCC(=O)CCCCCCC)[C@@](O)(CC(=O)O)C(=O)O)C(N)=O)cc1. The first-order chi connectivity index (χ1) is 21.9. The number of unbranched alkanes of at least 4 members (excludes halogenated alkanes) is 8. The van der Waals surface area contributed by atoms with Gasteiger partial charge in [0.05, 0.1) is 12.3 Å². The number of aliphatic hydroxyl groups is 1. The van der Waals surface area contributed by atoms with Gasteiger partial charge in [0, 0.05) is 19.3 Å².